The lowest BCUT2D eigenvalue weighted by atomic mass is 10.2. The van der Waals surface area contributed by atoms with Gasteiger partial charge in [-0.15, -0.1) is 23.2 Å². The highest BCUT2D eigenvalue weighted by molar-refractivity contribution is 6.17. The smallest absolute Gasteiger partial charge is 0.314 e. The molecule has 9 atom stereocenters. The monoisotopic (exact) mass is 1620 g/mol. The molecule has 0 aromatic heterocycles. The van der Waals surface area contributed by atoms with E-state index in [9.17, 15) is 47.9 Å². The molecule has 6 aromatic rings. The number of Topliss-reactive ketones (excluding diaryl/α,β-unsaturated/α-hetero) is 3. The molecule has 4 heterocycles. The highest BCUT2D eigenvalue weighted by atomic mass is 35.5. The molecule has 9 unspecified atom stereocenters. The maximum absolute atomic E-state index is 10.4. The molecule has 6 aromatic carbocycles. The van der Waals surface area contributed by atoms with Gasteiger partial charge in [-0.1, -0.05) is 210 Å². The van der Waals surface area contributed by atoms with Gasteiger partial charge in [0, 0.05) is 65.2 Å². The molecule has 0 amide bonds. The van der Waals surface area contributed by atoms with Crippen molar-refractivity contribution >= 4 is 95.2 Å². The highest BCUT2D eigenvalue weighted by Crippen LogP contribution is 2.09. The van der Waals surface area contributed by atoms with Crippen molar-refractivity contribution in [3.63, 3.8) is 0 Å². The fraction of sp³-hybridized carbons (Fsp3) is 0.422. The maximum Gasteiger partial charge on any atom is 0.314 e. The third-order valence-corrected chi connectivity index (χ3v) is 11.8. The molecule has 4 aliphatic heterocycles. The van der Waals surface area contributed by atoms with Crippen LogP contribution in [0.15, 0.2) is 182 Å². The molecular formula is C83H116Cl2O25. The van der Waals surface area contributed by atoms with Crippen LogP contribution in [0.1, 0.15) is 175 Å². The van der Waals surface area contributed by atoms with Crippen LogP contribution >= 0.6 is 23.2 Å². The number of aliphatic hydroxyl groups is 2. The summed E-state index contributed by atoms with van der Waals surface area (Å²) in [5, 5.41) is 46.4. The summed E-state index contributed by atoms with van der Waals surface area (Å²) in [7, 11) is 4.54. The summed E-state index contributed by atoms with van der Waals surface area (Å²) < 4.78 is 144. The first-order valence-electron chi connectivity index (χ1n) is 42.4. The van der Waals surface area contributed by atoms with Gasteiger partial charge >= 0.3 is 41.8 Å². The van der Waals surface area contributed by atoms with Crippen molar-refractivity contribution in [3.05, 3.63) is 215 Å². The number of methoxy groups -OCH3 is 3. The van der Waals surface area contributed by atoms with Crippen LogP contribution < -0.4 is 0 Å². The fourth-order valence-corrected chi connectivity index (χ4v) is 6.08. The number of carbonyl (C=O) groups is 12. The Balaban J connectivity index is -0.000000309. The molecule has 0 radical (unpaired) electrons. The van der Waals surface area contributed by atoms with Crippen molar-refractivity contribution in [2.24, 2.45) is 0 Å². The van der Waals surface area contributed by atoms with Gasteiger partial charge in [0.15, 0.2) is 2.74 Å². The first-order valence-corrected chi connectivity index (χ1v) is 34.3. The number of hydrogen-bond donors (Lipinski definition) is 6. The molecule has 612 valence electrons. The Labute approximate surface area is 682 Å². The van der Waals surface area contributed by atoms with Crippen LogP contribution in [0.3, 0.4) is 0 Å². The van der Waals surface area contributed by atoms with Crippen LogP contribution in [0.2, 0.25) is 0 Å². The van der Waals surface area contributed by atoms with Gasteiger partial charge in [0.25, 0.3) is 12.9 Å². The molecule has 6 N–H and O–H groups in total. The summed E-state index contributed by atoms with van der Waals surface area (Å²) in [6.07, 6.45) is -4.16. The van der Waals surface area contributed by atoms with Crippen molar-refractivity contribution < 1.29 is 145 Å². The van der Waals surface area contributed by atoms with E-state index in [-0.39, 0.29) is 62.6 Å². The van der Waals surface area contributed by atoms with Gasteiger partial charge in [-0.25, -0.2) is 0 Å². The normalized spacial score (nSPS) is 18.4. The summed E-state index contributed by atoms with van der Waals surface area (Å²) in [6, 6.07) is 48.0. The average molecular weight is 1620 g/mol. The minimum absolute atomic E-state index is 0.00579. The Hall–Kier alpha value is -9.70. The lowest BCUT2D eigenvalue weighted by Crippen LogP contribution is -2.04. The second-order valence-electron chi connectivity index (χ2n) is 20.0. The van der Waals surface area contributed by atoms with Gasteiger partial charge < -0.3 is 68.6 Å². The number of ether oxygens (including phenoxy) is 7. The maximum atomic E-state index is 10.4. The number of carbonyl (C=O) groups excluding carboxylic acids is 8. The molecule has 1 aliphatic carbocycles. The Morgan fingerprint density at radius 1 is 0.491 bits per heavy atom. The van der Waals surface area contributed by atoms with Crippen molar-refractivity contribution in [1.82, 2.24) is 0 Å². The molecule has 4 saturated heterocycles. The zero-order chi connectivity index (χ0) is 98.7. The molecule has 0 spiro atoms. The van der Waals surface area contributed by atoms with Crippen molar-refractivity contribution in [2.45, 2.75) is 155 Å². The molecule has 11 rings (SSSR count). The summed E-state index contributed by atoms with van der Waals surface area (Å²) in [6.45, 7) is 9.75. The Morgan fingerprint density at radius 3 is 0.909 bits per heavy atom. The zero-order valence-corrected chi connectivity index (χ0v) is 64.5. The van der Waals surface area contributed by atoms with Crippen molar-refractivity contribution in [1.29, 1.82) is 0 Å². The summed E-state index contributed by atoms with van der Waals surface area (Å²) >= 11 is 11.0. The molecule has 5 fully saturated rings. The molecule has 1 saturated carbocycles. The van der Waals surface area contributed by atoms with Crippen molar-refractivity contribution in [3.8, 4) is 0 Å². The largest absolute Gasteiger partial charge is 0.483 e. The predicted octanol–water partition coefficient (Wildman–Crippen LogP) is 13.8. The number of esters is 5. The quantitative estimate of drug-likeness (QED) is 0.0116. The number of benzene rings is 6. The second-order valence-corrected chi connectivity index (χ2v) is 20.6. The number of epoxide rings is 2. The lowest BCUT2D eigenvalue weighted by molar-refractivity contribution is -0.153. The number of hydrogen-bond acceptors (Lipinski definition) is 21. The Bertz CT molecular complexity index is 3630. The number of ketones is 3. The van der Waals surface area contributed by atoms with E-state index in [1.807, 2.05) is 97.1 Å². The minimum Gasteiger partial charge on any atom is -0.483 e. The van der Waals surface area contributed by atoms with Gasteiger partial charge in [-0.2, -0.15) is 0 Å². The van der Waals surface area contributed by atoms with E-state index >= 15 is 0 Å². The number of cyclic esters (lactones) is 4. The van der Waals surface area contributed by atoms with Gasteiger partial charge in [0.2, 0.25) is 0 Å². The third-order valence-electron chi connectivity index (χ3n) is 11.2. The van der Waals surface area contributed by atoms with Crippen LogP contribution in [-0.4, -0.2) is 177 Å². The van der Waals surface area contributed by atoms with E-state index in [1.165, 1.54) is 29.2 Å². The standard InChI is InChI=1S/2C9H12O.2C8H10.2C7H7Cl.C5H8O4.C5H8O3.C5H6O2.2C4H4O3.2C3H8O.2C2H4O.2CH2O2/c2*1-10-8-7-9-5-3-2-4-6-9;2*1-2-8-6-4-3-5-7-8;2*8-6-7-4-2-1-3-5-7;1-9-5(8)3-2-4(6)7;1-4(6)2-3-5(7)8;6-4-1-2-5(7)3-4;2*5-3-1-2-4(6)7-3;2*1-2-3-4;2*1-2-3-1;2*2-1-3/h2*2-6H,7-8H2,1H3;2*3-7H,2H2,1H3;2*1-5H,6H2;2-3H2,1H3,(H,6,7);2-3H2,1H3,(H,7,8);1-3H2;2*1-2H2;2*4H,2-3H2,1H3;2*1-2H2;2*1H,(H,2,3)/i2*2T;2*3T;2*1T;2T;3T;3*1T;2*3T;4*1T. The van der Waals surface area contributed by atoms with E-state index in [1.54, 1.807) is 76.6 Å². The van der Waals surface area contributed by atoms with Crippen LogP contribution in [0.4, 0.5) is 0 Å². The molecular weight excluding hydrogens is 1470 g/mol. The van der Waals surface area contributed by atoms with Crippen LogP contribution in [0.5, 0.6) is 0 Å². The van der Waals surface area contributed by atoms with Gasteiger partial charge in [-0.3, -0.25) is 52.7 Å². The molecule has 0 bridgehead atoms. The predicted molar refractivity (Wildman–Crippen MR) is 422 cm³/mol. The van der Waals surface area contributed by atoms with E-state index in [0.717, 1.165) is 57.1 Å². The second kappa shape index (κ2) is 88.2. The molecule has 5 aliphatic rings. The van der Waals surface area contributed by atoms with E-state index in [2.05, 4.69) is 37.5 Å². The number of aryl methyl sites for hydroxylation is 2. The van der Waals surface area contributed by atoms with Gasteiger partial charge in [0.1, 0.15) is 17.3 Å². The molecule has 110 heavy (non-hydrogen) atoms. The minimum atomic E-state index is -1.58. The number of halogens is 2. The molecule has 27 heteroatoms. The van der Waals surface area contributed by atoms with Gasteiger partial charge in [-0.05, 0) is 78.8 Å². The fourth-order valence-electron chi connectivity index (χ4n) is 5.73. The number of rotatable bonds is 18. The summed E-state index contributed by atoms with van der Waals surface area (Å²) in [5.41, 5.74) is 7.17. The van der Waals surface area contributed by atoms with Gasteiger partial charge in [0.05, 0.1) is 112 Å². The zero-order valence-electron chi connectivity index (χ0n) is 80.0. The SMILES string of the molecule is [3H]C(=O)O.[3H]C(=O)O.[3H]C(CC(=O)OC)C(=O)O.[3H]C(CC(C)=O)C(=O)O.[3H]C(O)CC.[3H]C(O)CC.[3H]C1CC(=O)CC1=O.[3H]C1CC(=O)OC1=O.[3H]C1CC(=O)OC1=O.[3H]C1CO1.[3H]C1CO1.[3H]c1ccc(CC)cc1.[3H]c1ccc(CC)cc1.[3H]c1ccc(CCOC)cc1.[3H]c1ccc(CCOC)cc1.[3H]c1ccc(CCl)cc1.[3H]c1ccc(CCl)cc1. The third kappa shape index (κ3) is 98.3. The number of aliphatic carboxylic acids is 2. The van der Waals surface area contributed by atoms with Crippen LogP contribution in [-0.2, 0) is 128 Å². The summed E-state index contributed by atoms with van der Waals surface area (Å²) in [4.78, 5) is 119. The number of aliphatic hydroxyl groups excluding tert-OH is 2. The van der Waals surface area contributed by atoms with E-state index in [0.29, 0.717) is 74.1 Å². The Kier molecular flexibility index (Phi) is 64.0. The topological polar surface area (TPSA) is 397 Å². The lowest BCUT2D eigenvalue weighted by Gasteiger charge is -1.97. The van der Waals surface area contributed by atoms with Crippen LogP contribution in [0, 0.1) is 0 Å². The molecule has 25 nitrogen and oxygen atoms in total. The van der Waals surface area contributed by atoms with Crippen molar-refractivity contribution in [2.75, 3.05) is 74.1 Å². The first kappa shape index (κ1) is 79.8. The van der Waals surface area contributed by atoms with Crippen LogP contribution in [0.25, 0.3) is 0 Å². The number of alkyl halides is 2. The number of carboxylic acid groups (broad SMARTS) is 4. The average Bonchev–Trinajstić information content (AvgIpc) is 1.72. The first-order chi connectivity index (χ1) is 59.5. The Morgan fingerprint density at radius 2 is 0.764 bits per heavy atom. The summed E-state index contributed by atoms with van der Waals surface area (Å²) in [5.74, 6) is -5.39. The van der Waals surface area contributed by atoms with E-state index in [4.69, 9.17) is 96.2 Å². The highest BCUT2D eigenvalue weighted by Gasteiger charge is 2.20. The number of carboxylic acids is 2. The van der Waals surface area contributed by atoms with E-state index < -0.39 is 106 Å².